The Morgan fingerprint density at radius 2 is 1.83 bits per heavy atom. The first kappa shape index (κ1) is 20.5. The maximum atomic E-state index is 13.3. The van der Waals surface area contributed by atoms with Crippen LogP contribution in [0.25, 0.3) is 0 Å². The second-order valence-electron chi connectivity index (χ2n) is 6.54. The molecule has 0 bridgehead atoms. The van der Waals surface area contributed by atoms with Crippen molar-refractivity contribution >= 4 is 36.1 Å². The molecule has 8 heteroatoms. The standard InChI is InChI=1S/C21H21FN4O2S/c1-14(19-7-4-12-25(19)2)23-21(28)26(29)18-10-8-17(9-11-18)24-20(27)15-5-3-6-16(22)13-15/h3-14,29H,1-2H3,(H,23,28)(H,24,27). The number of nitrogens with zero attached hydrogens (tertiary/aromatic N) is 2. The Morgan fingerprint density at radius 3 is 2.45 bits per heavy atom. The molecule has 29 heavy (non-hydrogen) atoms. The lowest BCUT2D eigenvalue weighted by molar-refractivity contribution is 0.102. The predicted octanol–water partition coefficient (Wildman–Crippen LogP) is 4.54. The van der Waals surface area contributed by atoms with E-state index in [1.807, 2.05) is 36.9 Å². The minimum atomic E-state index is -0.478. The molecule has 1 unspecified atom stereocenters. The van der Waals surface area contributed by atoms with E-state index in [0.29, 0.717) is 11.4 Å². The Balaban J connectivity index is 1.62. The van der Waals surface area contributed by atoms with Gasteiger partial charge in [-0.2, -0.15) is 0 Å². The molecular weight excluding hydrogens is 391 g/mol. The van der Waals surface area contributed by atoms with Crippen molar-refractivity contribution in [2.45, 2.75) is 13.0 Å². The maximum Gasteiger partial charge on any atom is 0.332 e. The third-order valence-electron chi connectivity index (χ3n) is 4.42. The summed E-state index contributed by atoms with van der Waals surface area (Å²) in [5.74, 6) is -0.900. The van der Waals surface area contributed by atoms with Gasteiger partial charge in [0.05, 0.1) is 11.7 Å². The summed E-state index contributed by atoms with van der Waals surface area (Å²) in [4.78, 5) is 24.6. The van der Waals surface area contributed by atoms with Crippen LogP contribution in [0, 0.1) is 5.82 Å². The van der Waals surface area contributed by atoms with E-state index < -0.39 is 11.7 Å². The van der Waals surface area contributed by atoms with Gasteiger partial charge in [-0.25, -0.2) is 13.5 Å². The predicted molar refractivity (Wildman–Crippen MR) is 115 cm³/mol. The van der Waals surface area contributed by atoms with Gasteiger partial charge >= 0.3 is 6.03 Å². The molecule has 3 aromatic rings. The fraction of sp³-hybridized carbons (Fsp3) is 0.143. The molecule has 0 aliphatic heterocycles. The number of thiol groups is 1. The van der Waals surface area contributed by atoms with Crippen molar-refractivity contribution in [3.8, 4) is 0 Å². The van der Waals surface area contributed by atoms with Crippen molar-refractivity contribution in [3.63, 3.8) is 0 Å². The molecule has 0 aliphatic rings. The van der Waals surface area contributed by atoms with E-state index >= 15 is 0 Å². The molecule has 1 atom stereocenters. The van der Waals surface area contributed by atoms with Gasteiger partial charge in [-0.05, 0) is 61.5 Å². The first-order valence-corrected chi connectivity index (χ1v) is 9.33. The lowest BCUT2D eigenvalue weighted by atomic mass is 10.2. The number of aromatic nitrogens is 1. The van der Waals surface area contributed by atoms with Crippen molar-refractivity contribution in [3.05, 3.63) is 83.9 Å². The molecule has 0 spiro atoms. The van der Waals surface area contributed by atoms with E-state index in [4.69, 9.17) is 0 Å². The zero-order chi connectivity index (χ0) is 21.0. The molecule has 2 aromatic carbocycles. The molecule has 2 N–H and O–H groups in total. The number of benzene rings is 2. The van der Waals surface area contributed by atoms with E-state index in [-0.39, 0.29) is 17.6 Å². The van der Waals surface area contributed by atoms with Crippen LogP contribution in [0.15, 0.2) is 66.9 Å². The summed E-state index contributed by atoms with van der Waals surface area (Å²) in [5, 5.41) is 5.56. The molecule has 150 valence electrons. The third kappa shape index (κ3) is 4.97. The average Bonchev–Trinajstić information content (AvgIpc) is 3.14. The van der Waals surface area contributed by atoms with E-state index in [1.165, 1.54) is 22.5 Å². The van der Waals surface area contributed by atoms with Crippen LogP contribution in [0.3, 0.4) is 0 Å². The smallest absolute Gasteiger partial charge is 0.332 e. The third-order valence-corrected chi connectivity index (χ3v) is 4.83. The van der Waals surface area contributed by atoms with Gasteiger partial charge in [0.15, 0.2) is 0 Å². The number of carbonyl (C=O) groups is 2. The van der Waals surface area contributed by atoms with Crippen LogP contribution in [0.5, 0.6) is 0 Å². The summed E-state index contributed by atoms with van der Waals surface area (Å²) < 4.78 is 16.4. The van der Waals surface area contributed by atoms with Gasteiger partial charge in [0.25, 0.3) is 5.91 Å². The second-order valence-corrected chi connectivity index (χ2v) is 6.94. The Labute approximate surface area is 173 Å². The normalized spacial score (nSPS) is 11.6. The van der Waals surface area contributed by atoms with Crippen LogP contribution in [-0.2, 0) is 7.05 Å². The van der Waals surface area contributed by atoms with Crippen LogP contribution in [-0.4, -0.2) is 16.5 Å². The van der Waals surface area contributed by atoms with Gasteiger partial charge in [-0.15, -0.1) is 0 Å². The van der Waals surface area contributed by atoms with Crippen LogP contribution in [0.1, 0.15) is 29.0 Å². The quantitative estimate of drug-likeness (QED) is 0.539. The van der Waals surface area contributed by atoms with E-state index in [2.05, 4.69) is 23.4 Å². The van der Waals surface area contributed by atoms with Gasteiger partial charge in [0.2, 0.25) is 0 Å². The summed E-state index contributed by atoms with van der Waals surface area (Å²) in [7, 11) is 1.91. The Morgan fingerprint density at radius 1 is 1.10 bits per heavy atom. The lowest BCUT2D eigenvalue weighted by Crippen LogP contribution is -2.36. The molecule has 1 heterocycles. The topological polar surface area (TPSA) is 66.4 Å². The van der Waals surface area contributed by atoms with Crippen molar-refractivity contribution in [1.82, 2.24) is 9.88 Å². The monoisotopic (exact) mass is 412 g/mol. The Kier molecular flexibility index (Phi) is 6.23. The van der Waals surface area contributed by atoms with Crippen molar-refractivity contribution in [1.29, 1.82) is 0 Å². The fourth-order valence-corrected chi connectivity index (χ4v) is 3.07. The first-order chi connectivity index (χ1) is 13.8. The molecule has 0 saturated heterocycles. The number of amides is 3. The number of urea groups is 1. The Bertz CT molecular complexity index is 1020. The molecule has 0 fully saturated rings. The lowest BCUT2D eigenvalue weighted by Gasteiger charge is -2.21. The highest BCUT2D eigenvalue weighted by Crippen LogP contribution is 2.21. The summed E-state index contributed by atoms with van der Waals surface area (Å²) in [6, 6.07) is 15.3. The summed E-state index contributed by atoms with van der Waals surface area (Å²) >= 11 is 4.27. The number of anilines is 2. The van der Waals surface area contributed by atoms with Gasteiger partial charge < -0.3 is 15.2 Å². The highest BCUT2D eigenvalue weighted by Gasteiger charge is 2.17. The van der Waals surface area contributed by atoms with Crippen LogP contribution >= 0.6 is 12.8 Å². The molecular formula is C21H21FN4O2S. The number of halogens is 1. The van der Waals surface area contributed by atoms with Gasteiger partial charge in [-0.1, -0.05) is 18.9 Å². The maximum absolute atomic E-state index is 13.3. The van der Waals surface area contributed by atoms with Crippen molar-refractivity contribution < 1.29 is 14.0 Å². The van der Waals surface area contributed by atoms with Crippen LogP contribution in [0.4, 0.5) is 20.6 Å². The number of carbonyl (C=O) groups excluding carboxylic acids is 2. The van der Waals surface area contributed by atoms with Crippen molar-refractivity contribution in [2.24, 2.45) is 7.05 Å². The number of hydrogen-bond acceptors (Lipinski definition) is 3. The van der Waals surface area contributed by atoms with Gasteiger partial charge in [-0.3, -0.25) is 4.79 Å². The van der Waals surface area contributed by atoms with Crippen molar-refractivity contribution in [2.75, 3.05) is 9.62 Å². The molecule has 0 saturated carbocycles. The molecule has 3 amide bonds. The highest BCUT2D eigenvalue weighted by molar-refractivity contribution is 7.82. The zero-order valence-corrected chi connectivity index (χ0v) is 16.9. The molecule has 1 aromatic heterocycles. The SMILES string of the molecule is CC(NC(=O)N(S)c1ccc(NC(=O)c2cccc(F)c2)cc1)c1cccn1C. The average molecular weight is 412 g/mol. The Hall–Kier alpha value is -3.26. The van der Waals surface area contributed by atoms with E-state index in [1.54, 1.807) is 24.3 Å². The highest BCUT2D eigenvalue weighted by atomic mass is 32.1. The second kappa shape index (κ2) is 8.83. The number of aryl methyl sites for hydroxylation is 1. The van der Waals surface area contributed by atoms with Crippen LogP contribution < -0.4 is 14.9 Å². The summed E-state index contributed by atoms with van der Waals surface area (Å²) in [6.45, 7) is 1.89. The van der Waals surface area contributed by atoms with E-state index in [0.717, 1.165) is 11.8 Å². The fourth-order valence-electron chi connectivity index (χ4n) is 2.88. The first-order valence-electron chi connectivity index (χ1n) is 8.93. The zero-order valence-electron chi connectivity index (χ0n) is 16.0. The van der Waals surface area contributed by atoms with E-state index in [9.17, 15) is 14.0 Å². The van der Waals surface area contributed by atoms with Gasteiger partial charge in [0.1, 0.15) is 5.82 Å². The number of hydrogen-bond donors (Lipinski definition) is 3. The molecule has 6 nitrogen and oxygen atoms in total. The summed E-state index contributed by atoms with van der Waals surface area (Å²) in [6.07, 6.45) is 1.91. The summed E-state index contributed by atoms with van der Waals surface area (Å²) in [5.41, 5.74) is 2.24. The minimum Gasteiger partial charge on any atom is -0.353 e. The molecule has 0 radical (unpaired) electrons. The van der Waals surface area contributed by atoms with Crippen LogP contribution in [0.2, 0.25) is 0 Å². The molecule has 0 aliphatic carbocycles. The number of rotatable bonds is 5. The largest absolute Gasteiger partial charge is 0.353 e. The molecule has 3 rings (SSSR count). The minimum absolute atomic E-state index is 0.193. The number of nitrogens with one attached hydrogen (secondary N) is 2. The van der Waals surface area contributed by atoms with Gasteiger partial charge in [0, 0.05) is 30.2 Å².